The van der Waals surface area contributed by atoms with Gasteiger partial charge in [-0.2, -0.15) is 10.4 Å². The summed E-state index contributed by atoms with van der Waals surface area (Å²) in [6, 6.07) is 7.34. The summed E-state index contributed by atoms with van der Waals surface area (Å²) in [5.74, 6) is 0.920. The van der Waals surface area contributed by atoms with Crippen molar-refractivity contribution in [2.45, 2.75) is 33.9 Å². The molecule has 8 heteroatoms. The lowest BCUT2D eigenvalue weighted by Gasteiger charge is -2.22. The van der Waals surface area contributed by atoms with Gasteiger partial charge in [0.15, 0.2) is 11.5 Å². The first kappa shape index (κ1) is 21.0. The SMILES string of the molecule is CCN(Cc1ccc(OC)c(OC)c1)C(=O)Cn1nc(C)c(C)c(C#N)c1=O. The molecule has 0 saturated carbocycles. The number of benzene rings is 1. The molecule has 1 amide bonds. The Labute approximate surface area is 163 Å². The molecule has 0 aliphatic carbocycles. The van der Waals surface area contributed by atoms with Gasteiger partial charge in [-0.3, -0.25) is 9.59 Å². The summed E-state index contributed by atoms with van der Waals surface area (Å²) in [5, 5.41) is 13.4. The minimum atomic E-state index is -0.555. The highest BCUT2D eigenvalue weighted by molar-refractivity contribution is 5.76. The molecular weight excluding hydrogens is 360 g/mol. The number of methoxy groups -OCH3 is 2. The molecule has 148 valence electrons. The number of ether oxygens (including phenoxy) is 2. The number of likely N-dealkylation sites (N-methyl/N-ethyl adjacent to an activating group) is 1. The first-order valence-corrected chi connectivity index (χ1v) is 8.83. The van der Waals surface area contributed by atoms with E-state index < -0.39 is 5.56 Å². The number of carbonyl (C=O) groups is 1. The van der Waals surface area contributed by atoms with E-state index in [-0.39, 0.29) is 18.0 Å². The highest BCUT2D eigenvalue weighted by atomic mass is 16.5. The number of carbonyl (C=O) groups excluding carboxylic acids is 1. The molecule has 0 radical (unpaired) electrons. The zero-order chi connectivity index (χ0) is 20.8. The van der Waals surface area contributed by atoms with Gasteiger partial charge in [-0.25, -0.2) is 4.68 Å². The van der Waals surface area contributed by atoms with E-state index in [9.17, 15) is 14.9 Å². The number of amides is 1. The first-order valence-electron chi connectivity index (χ1n) is 8.83. The minimum Gasteiger partial charge on any atom is -0.493 e. The largest absolute Gasteiger partial charge is 0.493 e. The summed E-state index contributed by atoms with van der Waals surface area (Å²) in [4.78, 5) is 26.8. The van der Waals surface area contributed by atoms with Gasteiger partial charge in [-0.05, 0) is 44.0 Å². The molecule has 0 saturated heterocycles. The van der Waals surface area contributed by atoms with E-state index in [1.165, 1.54) is 0 Å². The summed E-state index contributed by atoms with van der Waals surface area (Å²) in [6.07, 6.45) is 0. The fraction of sp³-hybridized carbons (Fsp3) is 0.400. The van der Waals surface area contributed by atoms with Crippen molar-refractivity contribution < 1.29 is 14.3 Å². The van der Waals surface area contributed by atoms with E-state index in [0.717, 1.165) is 10.2 Å². The van der Waals surface area contributed by atoms with Gasteiger partial charge in [0, 0.05) is 13.1 Å². The van der Waals surface area contributed by atoms with Crippen LogP contribution in [0.2, 0.25) is 0 Å². The Kier molecular flexibility index (Phi) is 6.77. The first-order chi connectivity index (χ1) is 13.4. The van der Waals surface area contributed by atoms with Crippen molar-refractivity contribution in [1.82, 2.24) is 14.7 Å². The van der Waals surface area contributed by atoms with Crippen LogP contribution in [0.3, 0.4) is 0 Å². The molecule has 28 heavy (non-hydrogen) atoms. The number of hydrogen-bond acceptors (Lipinski definition) is 6. The van der Waals surface area contributed by atoms with Crippen molar-refractivity contribution in [3.63, 3.8) is 0 Å². The Morgan fingerprint density at radius 3 is 2.50 bits per heavy atom. The predicted octanol–water partition coefficient (Wildman–Crippen LogP) is 1.80. The Hall–Kier alpha value is -3.34. The fourth-order valence-electron chi connectivity index (χ4n) is 2.81. The standard InChI is InChI=1S/C20H24N4O4/c1-6-23(11-15-7-8-17(27-4)18(9-15)28-5)19(25)12-24-20(26)16(10-21)13(2)14(3)22-24/h7-9H,6,11-12H2,1-5H3. The molecule has 1 aromatic heterocycles. The van der Waals surface area contributed by atoms with Gasteiger partial charge in [0.05, 0.1) is 19.9 Å². The zero-order valence-corrected chi connectivity index (χ0v) is 16.8. The maximum atomic E-state index is 12.8. The summed E-state index contributed by atoms with van der Waals surface area (Å²) in [7, 11) is 3.11. The third-order valence-electron chi connectivity index (χ3n) is 4.59. The highest BCUT2D eigenvalue weighted by Gasteiger charge is 2.18. The summed E-state index contributed by atoms with van der Waals surface area (Å²) in [6.45, 7) is 5.81. The lowest BCUT2D eigenvalue weighted by molar-refractivity contribution is -0.132. The maximum absolute atomic E-state index is 12.8. The van der Waals surface area contributed by atoms with E-state index in [1.807, 2.05) is 25.1 Å². The molecule has 0 unspecified atom stereocenters. The Morgan fingerprint density at radius 1 is 1.25 bits per heavy atom. The van der Waals surface area contributed by atoms with Crippen molar-refractivity contribution in [3.05, 3.63) is 50.9 Å². The second-order valence-corrected chi connectivity index (χ2v) is 6.26. The number of aromatic nitrogens is 2. The third kappa shape index (κ3) is 4.31. The van der Waals surface area contributed by atoms with Crippen LogP contribution >= 0.6 is 0 Å². The van der Waals surface area contributed by atoms with Crippen molar-refractivity contribution in [2.24, 2.45) is 0 Å². The van der Waals surface area contributed by atoms with Crippen LogP contribution in [0.15, 0.2) is 23.0 Å². The van der Waals surface area contributed by atoms with Gasteiger partial charge in [0.1, 0.15) is 18.2 Å². The maximum Gasteiger partial charge on any atom is 0.285 e. The van der Waals surface area contributed by atoms with Crippen molar-refractivity contribution in [2.75, 3.05) is 20.8 Å². The lowest BCUT2D eigenvalue weighted by atomic mass is 10.1. The Bertz CT molecular complexity index is 975. The van der Waals surface area contributed by atoms with Gasteiger partial charge >= 0.3 is 0 Å². The third-order valence-corrected chi connectivity index (χ3v) is 4.59. The van der Waals surface area contributed by atoms with Crippen LogP contribution in [0.25, 0.3) is 0 Å². The van der Waals surface area contributed by atoms with Crippen molar-refractivity contribution in [1.29, 1.82) is 5.26 Å². The van der Waals surface area contributed by atoms with Crippen molar-refractivity contribution >= 4 is 5.91 Å². The lowest BCUT2D eigenvalue weighted by Crippen LogP contribution is -2.38. The molecule has 0 bridgehead atoms. The second-order valence-electron chi connectivity index (χ2n) is 6.26. The minimum absolute atomic E-state index is 0.0169. The van der Waals surface area contributed by atoms with E-state index in [2.05, 4.69) is 5.10 Å². The number of nitrogens with zero attached hydrogens (tertiary/aromatic N) is 4. The molecule has 8 nitrogen and oxygen atoms in total. The monoisotopic (exact) mass is 384 g/mol. The number of hydrogen-bond donors (Lipinski definition) is 0. The van der Waals surface area contributed by atoms with Gasteiger partial charge in [0.25, 0.3) is 5.56 Å². The average Bonchev–Trinajstić information content (AvgIpc) is 2.70. The van der Waals surface area contributed by atoms with Crippen LogP contribution in [0.5, 0.6) is 11.5 Å². The van der Waals surface area contributed by atoms with Crippen LogP contribution < -0.4 is 15.0 Å². The molecule has 0 aliphatic heterocycles. The highest BCUT2D eigenvalue weighted by Crippen LogP contribution is 2.28. The quantitative estimate of drug-likeness (QED) is 0.722. The van der Waals surface area contributed by atoms with Crippen LogP contribution in [0.1, 0.15) is 29.3 Å². The number of aryl methyl sites for hydroxylation is 1. The summed E-state index contributed by atoms with van der Waals surface area (Å²) >= 11 is 0. The molecule has 0 atom stereocenters. The Morgan fingerprint density at radius 2 is 1.93 bits per heavy atom. The van der Waals surface area contributed by atoms with Crippen LogP contribution in [-0.2, 0) is 17.9 Å². The van der Waals surface area contributed by atoms with E-state index in [0.29, 0.717) is 35.8 Å². The number of rotatable bonds is 7. The van der Waals surface area contributed by atoms with Gasteiger partial charge in [-0.15, -0.1) is 0 Å². The van der Waals surface area contributed by atoms with Crippen LogP contribution in [0.4, 0.5) is 0 Å². The van der Waals surface area contributed by atoms with E-state index in [4.69, 9.17) is 9.47 Å². The van der Waals surface area contributed by atoms with Crippen LogP contribution in [-0.4, -0.2) is 41.4 Å². The fourth-order valence-corrected chi connectivity index (χ4v) is 2.81. The molecular formula is C20H24N4O4. The smallest absolute Gasteiger partial charge is 0.285 e. The van der Waals surface area contributed by atoms with Gasteiger partial charge in [0.2, 0.25) is 5.91 Å². The van der Waals surface area contributed by atoms with Crippen LogP contribution in [0, 0.1) is 25.2 Å². The zero-order valence-electron chi connectivity index (χ0n) is 16.8. The Balaban J connectivity index is 2.25. The molecule has 0 spiro atoms. The van der Waals surface area contributed by atoms with E-state index >= 15 is 0 Å². The predicted molar refractivity (Wildman–Crippen MR) is 103 cm³/mol. The summed E-state index contributed by atoms with van der Waals surface area (Å²) < 4.78 is 11.6. The molecule has 0 fully saturated rings. The molecule has 2 aromatic rings. The van der Waals surface area contributed by atoms with E-state index in [1.54, 1.807) is 39.0 Å². The summed E-state index contributed by atoms with van der Waals surface area (Å²) in [5.41, 5.74) is 1.41. The average molecular weight is 384 g/mol. The van der Waals surface area contributed by atoms with Gasteiger partial charge < -0.3 is 14.4 Å². The molecule has 1 heterocycles. The molecule has 0 aliphatic rings. The normalized spacial score (nSPS) is 10.3. The molecule has 2 rings (SSSR count). The molecule has 1 aromatic carbocycles. The topological polar surface area (TPSA) is 97.4 Å². The van der Waals surface area contributed by atoms with Crippen molar-refractivity contribution in [3.8, 4) is 17.6 Å². The number of nitriles is 1. The van der Waals surface area contributed by atoms with Gasteiger partial charge in [-0.1, -0.05) is 6.07 Å². The second kappa shape index (κ2) is 9.04. The molecule has 0 N–H and O–H groups in total.